The lowest BCUT2D eigenvalue weighted by atomic mass is 10.0. The number of hydrogen-bond acceptors (Lipinski definition) is 19. The highest BCUT2D eigenvalue weighted by Gasteiger charge is 2.35. The van der Waals surface area contributed by atoms with Crippen LogP contribution in [0.4, 0.5) is 0 Å². The molecule has 27 N–H and O–H groups in total. The number of unbranched alkanes of at least 4 members (excludes halogenated alkanes) is 3. The van der Waals surface area contributed by atoms with E-state index in [1.54, 1.807) is 20.1 Å². The van der Waals surface area contributed by atoms with Gasteiger partial charge in [-0.05, 0) is 128 Å². The molecule has 0 radical (unpaired) electrons. The van der Waals surface area contributed by atoms with Gasteiger partial charge in [0.25, 0.3) is 5.97 Å². The number of thioether (sulfide) groups is 1. The highest BCUT2D eigenvalue weighted by atomic mass is 32.2. The number of guanidine groups is 1. The lowest BCUT2D eigenvalue weighted by Gasteiger charge is -2.28. The number of primary amides is 2. The van der Waals surface area contributed by atoms with E-state index < -0.39 is 150 Å². The molecule has 0 aliphatic rings. The summed E-state index contributed by atoms with van der Waals surface area (Å²) in [7, 11) is 0. The lowest BCUT2D eigenvalue weighted by Crippen LogP contribution is -2.61. The summed E-state index contributed by atoms with van der Waals surface area (Å²) in [6.07, 6.45) is 3.80. The average Bonchev–Trinajstić information content (AvgIpc) is 3.63. The van der Waals surface area contributed by atoms with E-state index in [4.69, 9.17) is 55.8 Å². The van der Waals surface area contributed by atoms with Crippen molar-refractivity contribution in [2.75, 3.05) is 38.2 Å². The van der Waals surface area contributed by atoms with Crippen molar-refractivity contribution < 1.29 is 72.5 Å². The molecule has 0 spiro atoms. The molecule has 0 fully saturated rings. The van der Waals surface area contributed by atoms with Crippen molar-refractivity contribution in [2.24, 2.45) is 56.8 Å². The fraction of sp³-hybridized carbons (Fsp3) is 0.725. The number of carboxylic acid groups (broad SMARTS) is 2. The lowest BCUT2D eigenvalue weighted by molar-refractivity contribution is -0.142. The van der Waals surface area contributed by atoms with Gasteiger partial charge in [-0.25, -0.2) is 4.79 Å². The minimum atomic E-state index is -1.70. The Bertz CT molecular complexity index is 2210. The van der Waals surface area contributed by atoms with Crippen molar-refractivity contribution in [1.29, 1.82) is 0 Å². The molecule has 0 aliphatic carbocycles. The molecule has 85 heavy (non-hydrogen) atoms. The van der Waals surface area contributed by atoms with Crippen LogP contribution < -0.4 is 93.7 Å². The van der Waals surface area contributed by atoms with Crippen LogP contribution in [-0.2, 0) is 62.3 Å². The standard InChI is InChI=1S/C49H92N18O13S.C2H4O2/c1-26(2)38(67-45(76)31(15-8-11-22-52)63-44(75)33(19-24-81-5)64-42(73)32(16-12-23-58-49(56)57)62-41(72)29(53)13-6-9-20-50)47(78)60-28(4)39(70)61-30(14-7-10-21-51)43(74)66-35(25-37(55)69)46(77)59-27(3)40(71)65-34(48(79)80)17-18-36(54)68;1-2(3)4/h26-35,38H,6-25,50-53H2,1-5H3,(H2,54,68)(H2,55,69)(H,59,77)(H,60,78)(H,61,70)(H,62,72)(H,63,75)(H,64,73)(H,65,71)(H,66,74)(H,67,76)(H,79,80)(H4,56,57,58);1H3,(H,3,4). The number of rotatable bonds is 44. The first kappa shape index (κ1) is 79.6. The van der Waals surface area contributed by atoms with Gasteiger partial charge in [0.1, 0.15) is 54.4 Å². The molecule has 0 saturated carbocycles. The number of nitrogens with zero attached hydrogens (tertiary/aromatic N) is 1. The maximum atomic E-state index is 14.1. The van der Waals surface area contributed by atoms with Crippen molar-refractivity contribution >= 4 is 94.6 Å². The third-order valence-corrected chi connectivity index (χ3v) is 13.0. The fourth-order valence-electron chi connectivity index (χ4n) is 7.62. The predicted molar refractivity (Wildman–Crippen MR) is 316 cm³/mol. The minimum absolute atomic E-state index is 0.0483. The summed E-state index contributed by atoms with van der Waals surface area (Å²) in [4.78, 5) is 171. The average molecular weight is 1230 g/mol. The second kappa shape index (κ2) is 45.0. The predicted octanol–water partition coefficient (Wildman–Crippen LogP) is -6.12. The Morgan fingerprint density at radius 2 is 0.824 bits per heavy atom. The van der Waals surface area contributed by atoms with Crippen molar-refractivity contribution in [3.63, 3.8) is 0 Å². The molecule has 11 amide bonds. The summed E-state index contributed by atoms with van der Waals surface area (Å²) in [6.45, 7) is 7.83. The summed E-state index contributed by atoms with van der Waals surface area (Å²) in [5.74, 6) is -12.1. The van der Waals surface area contributed by atoms with E-state index in [0.29, 0.717) is 50.8 Å². The molecule has 0 aliphatic heterocycles. The fourth-order valence-corrected chi connectivity index (χ4v) is 8.09. The second-order valence-corrected chi connectivity index (χ2v) is 21.3. The van der Waals surface area contributed by atoms with Crippen LogP contribution in [0.2, 0.25) is 0 Å². The zero-order valence-corrected chi connectivity index (χ0v) is 50.5. The molecular formula is C51H96N18O15S. The Balaban J connectivity index is 0. The number of amides is 11. The van der Waals surface area contributed by atoms with Gasteiger partial charge in [0.2, 0.25) is 65.0 Å². The van der Waals surface area contributed by atoms with Gasteiger partial charge in [-0.3, -0.25) is 62.5 Å². The topological polar surface area (TPSA) is 591 Å². The van der Waals surface area contributed by atoms with Crippen molar-refractivity contribution in [2.45, 2.75) is 191 Å². The number of carbonyl (C=O) groups is 13. The van der Waals surface area contributed by atoms with Crippen LogP contribution in [0.15, 0.2) is 4.99 Å². The van der Waals surface area contributed by atoms with Crippen LogP contribution in [0.1, 0.15) is 131 Å². The van der Waals surface area contributed by atoms with Gasteiger partial charge >= 0.3 is 5.97 Å². The van der Waals surface area contributed by atoms with E-state index in [1.165, 1.54) is 25.6 Å². The van der Waals surface area contributed by atoms with E-state index >= 15 is 0 Å². The highest BCUT2D eigenvalue weighted by Crippen LogP contribution is 2.11. The van der Waals surface area contributed by atoms with E-state index in [0.717, 1.165) is 6.92 Å². The van der Waals surface area contributed by atoms with Gasteiger partial charge in [-0.1, -0.05) is 20.3 Å². The molecule has 0 aromatic carbocycles. The summed E-state index contributed by atoms with van der Waals surface area (Å²) in [6, 6.07) is -13.3. The summed E-state index contributed by atoms with van der Waals surface area (Å²) in [5.41, 5.74) is 44.5. The number of aliphatic imine (C=N–C) groups is 1. The first-order chi connectivity index (χ1) is 39.9. The number of nitrogens with two attached hydrogens (primary N) is 8. The van der Waals surface area contributed by atoms with Crippen LogP contribution in [0, 0.1) is 5.92 Å². The summed E-state index contributed by atoms with van der Waals surface area (Å²) < 4.78 is 0. The van der Waals surface area contributed by atoms with Crippen molar-refractivity contribution in [3.05, 3.63) is 0 Å². The van der Waals surface area contributed by atoms with Crippen molar-refractivity contribution in [3.8, 4) is 0 Å². The SMILES string of the molecule is CC(=O)O.CSCCC(NC(=O)C(CCCN=C(N)N)NC(=O)C(N)CCCCN)C(=O)NC(CCCCN)C(=O)NC(C(=O)NC(C)C(=O)NC(CCCCN)C(=O)NC(CC(N)=O)C(=O)NC(C)C(=O)NC(CCC(N)=O)C(=O)O)C(C)C. The molecule has 486 valence electrons. The Hall–Kier alpha value is -7.43. The zero-order valence-electron chi connectivity index (χ0n) is 49.7. The van der Waals surface area contributed by atoms with Crippen LogP contribution in [-0.4, -0.2) is 192 Å². The molecule has 0 rings (SSSR count). The van der Waals surface area contributed by atoms with Crippen LogP contribution >= 0.6 is 11.8 Å². The van der Waals surface area contributed by atoms with Gasteiger partial charge in [0.15, 0.2) is 5.96 Å². The molecule has 10 atom stereocenters. The second-order valence-electron chi connectivity index (χ2n) is 20.3. The first-order valence-corrected chi connectivity index (χ1v) is 29.4. The van der Waals surface area contributed by atoms with Gasteiger partial charge in [-0.2, -0.15) is 11.8 Å². The van der Waals surface area contributed by atoms with Gasteiger partial charge < -0.3 is 104 Å². The summed E-state index contributed by atoms with van der Waals surface area (Å²) in [5, 5.41) is 39.5. The van der Waals surface area contributed by atoms with E-state index in [2.05, 4.69) is 52.8 Å². The number of nitrogens with one attached hydrogen (secondary N) is 9. The largest absolute Gasteiger partial charge is 0.481 e. The van der Waals surface area contributed by atoms with Gasteiger partial charge in [0.05, 0.1) is 12.5 Å². The molecule has 0 aromatic rings. The number of carboxylic acids is 2. The molecule has 0 heterocycles. The van der Waals surface area contributed by atoms with Crippen LogP contribution in [0.25, 0.3) is 0 Å². The maximum absolute atomic E-state index is 14.1. The smallest absolute Gasteiger partial charge is 0.326 e. The molecular weight excluding hydrogens is 1140 g/mol. The van der Waals surface area contributed by atoms with E-state index in [1.807, 2.05) is 0 Å². The minimum Gasteiger partial charge on any atom is -0.481 e. The van der Waals surface area contributed by atoms with Crippen molar-refractivity contribution in [1.82, 2.24) is 47.9 Å². The maximum Gasteiger partial charge on any atom is 0.326 e. The highest BCUT2D eigenvalue weighted by molar-refractivity contribution is 7.98. The number of aliphatic carboxylic acids is 2. The third kappa shape index (κ3) is 36.8. The zero-order chi connectivity index (χ0) is 65.4. The number of hydrogen-bond donors (Lipinski definition) is 19. The van der Waals surface area contributed by atoms with Crippen LogP contribution in [0.3, 0.4) is 0 Å². The normalized spacial score (nSPS) is 14.3. The Labute approximate surface area is 499 Å². The quantitative estimate of drug-likeness (QED) is 0.0153. The van der Waals surface area contributed by atoms with E-state index in [-0.39, 0.29) is 77.0 Å². The Kier molecular flexibility index (Phi) is 42.2. The molecule has 34 heteroatoms. The Morgan fingerprint density at radius 3 is 1.24 bits per heavy atom. The third-order valence-electron chi connectivity index (χ3n) is 12.4. The van der Waals surface area contributed by atoms with E-state index in [9.17, 15) is 62.6 Å². The first-order valence-electron chi connectivity index (χ1n) is 28.0. The molecule has 0 bridgehead atoms. The van der Waals surface area contributed by atoms with Gasteiger partial charge in [-0.15, -0.1) is 0 Å². The van der Waals surface area contributed by atoms with Crippen LogP contribution in [0.5, 0.6) is 0 Å². The molecule has 0 saturated heterocycles. The summed E-state index contributed by atoms with van der Waals surface area (Å²) >= 11 is 1.39. The van der Waals surface area contributed by atoms with Gasteiger partial charge in [0, 0.05) is 19.9 Å². The molecule has 10 unspecified atom stereocenters. The monoisotopic (exact) mass is 1230 g/mol. The number of carbonyl (C=O) groups excluding carboxylic acids is 11. The Morgan fingerprint density at radius 1 is 0.447 bits per heavy atom. The molecule has 33 nitrogen and oxygen atoms in total. The molecule has 0 aromatic heterocycles.